The molecule has 124 valence electrons. The Balaban J connectivity index is 1.95. The van der Waals surface area contributed by atoms with E-state index in [2.05, 4.69) is 11.1 Å². The molecule has 5 nitrogen and oxygen atoms in total. The second kappa shape index (κ2) is 7.48. The summed E-state index contributed by atoms with van der Waals surface area (Å²) in [7, 11) is 0. The van der Waals surface area contributed by atoms with Crippen molar-refractivity contribution in [1.82, 2.24) is 9.55 Å². The highest BCUT2D eigenvalue weighted by molar-refractivity contribution is 7.22. The van der Waals surface area contributed by atoms with E-state index in [4.69, 9.17) is 16.9 Å². The van der Waals surface area contributed by atoms with Gasteiger partial charge in [0, 0.05) is 22.9 Å². The summed E-state index contributed by atoms with van der Waals surface area (Å²) in [6.45, 7) is 0.244. The Morgan fingerprint density at radius 2 is 2.04 bits per heavy atom. The van der Waals surface area contributed by atoms with Crippen molar-refractivity contribution in [3.63, 3.8) is 0 Å². The summed E-state index contributed by atoms with van der Waals surface area (Å²) in [5, 5.41) is 18.5. The molecule has 0 fully saturated rings. The Hall–Kier alpha value is -2.67. The molecule has 0 aliphatic rings. The third kappa shape index (κ3) is 3.71. The number of fused-ring (bicyclic) bond motifs is 1. The van der Waals surface area contributed by atoms with Crippen LogP contribution in [0.1, 0.15) is 12.8 Å². The largest absolute Gasteiger partial charge is 0.297 e. The molecule has 0 saturated heterocycles. The van der Waals surface area contributed by atoms with E-state index < -0.39 is 0 Å². The van der Waals surface area contributed by atoms with Crippen LogP contribution in [-0.4, -0.2) is 9.55 Å². The predicted molar refractivity (Wildman–Crippen MR) is 98.3 cm³/mol. The van der Waals surface area contributed by atoms with Crippen LogP contribution in [0.3, 0.4) is 0 Å². The Morgan fingerprint density at radius 3 is 2.72 bits per heavy atom. The van der Waals surface area contributed by atoms with Gasteiger partial charge >= 0.3 is 0 Å². The highest BCUT2D eigenvalue weighted by atomic mass is 35.5. The molecule has 0 N–H and O–H groups in total. The molecule has 0 spiro atoms. The molecule has 1 atom stereocenters. The Kier molecular flexibility index (Phi) is 5.14. The van der Waals surface area contributed by atoms with Gasteiger partial charge in [-0.2, -0.15) is 10.5 Å². The van der Waals surface area contributed by atoms with Crippen molar-refractivity contribution in [2.75, 3.05) is 0 Å². The molecule has 0 aliphatic heterocycles. The van der Waals surface area contributed by atoms with Crippen LogP contribution in [0.25, 0.3) is 20.7 Å². The van der Waals surface area contributed by atoms with E-state index in [1.807, 2.05) is 24.3 Å². The van der Waals surface area contributed by atoms with Gasteiger partial charge in [-0.05, 0) is 30.2 Å². The van der Waals surface area contributed by atoms with Gasteiger partial charge < -0.3 is 0 Å². The number of hydrogen-bond acceptors (Lipinski definition) is 5. The van der Waals surface area contributed by atoms with Crippen LogP contribution in [0.5, 0.6) is 0 Å². The molecule has 1 aromatic carbocycles. The normalized spacial score (nSPS) is 11.8. The van der Waals surface area contributed by atoms with Crippen LogP contribution in [0.15, 0.2) is 41.5 Å². The first kappa shape index (κ1) is 17.2. The van der Waals surface area contributed by atoms with Gasteiger partial charge in [0.15, 0.2) is 0 Å². The van der Waals surface area contributed by atoms with Gasteiger partial charge in [0.05, 0.1) is 29.9 Å². The summed E-state index contributed by atoms with van der Waals surface area (Å²) in [4.78, 5) is 18.0. The average Bonchev–Trinajstić information content (AvgIpc) is 3.06. The maximum atomic E-state index is 12.7. The molecular formula is C18H13ClN4OS. The lowest BCUT2D eigenvalue weighted by atomic mass is 10.1. The standard InChI is InChI=1S/C18H13ClN4OS/c19-14-5-3-13(4-6-14)16-8-15-17(25-16)18(24)23(11-22-15)10-12(9-21)2-1-7-20/h3-6,8,11-12H,1-2,10H2/t12-/m1/s1. The fourth-order valence-electron chi connectivity index (χ4n) is 2.50. The van der Waals surface area contributed by atoms with E-state index in [-0.39, 0.29) is 18.0 Å². The van der Waals surface area contributed by atoms with Gasteiger partial charge in [-0.1, -0.05) is 23.7 Å². The number of hydrogen-bond donors (Lipinski definition) is 0. The average molecular weight is 369 g/mol. The van der Waals surface area contributed by atoms with E-state index in [1.54, 1.807) is 12.1 Å². The molecule has 0 unspecified atom stereocenters. The SMILES string of the molecule is N#CCC[C@H](C#N)Cn1cnc2cc(-c3ccc(Cl)cc3)sc2c1=O. The Bertz CT molecular complexity index is 1040. The van der Waals surface area contributed by atoms with Crippen LogP contribution in [0.2, 0.25) is 5.02 Å². The van der Waals surface area contributed by atoms with Gasteiger partial charge in [-0.3, -0.25) is 9.36 Å². The molecular weight excluding hydrogens is 356 g/mol. The zero-order chi connectivity index (χ0) is 17.8. The van der Waals surface area contributed by atoms with Crippen LogP contribution in [-0.2, 0) is 6.54 Å². The van der Waals surface area contributed by atoms with Crippen molar-refractivity contribution >= 4 is 33.2 Å². The smallest absolute Gasteiger partial charge is 0.271 e. The number of halogens is 1. The van der Waals surface area contributed by atoms with E-state index in [9.17, 15) is 10.1 Å². The van der Waals surface area contributed by atoms with Crippen molar-refractivity contribution < 1.29 is 0 Å². The second-order valence-electron chi connectivity index (χ2n) is 5.56. The summed E-state index contributed by atoms with van der Waals surface area (Å²) >= 11 is 7.29. The van der Waals surface area contributed by atoms with E-state index in [1.165, 1.54) is 22.2 Å². The molecule has 0 aliphatic carbocycles. The predicted octanol–water partition coefficient (Wildman–Crippen LogP) is 4.22. The number of nitrogens with zero attached hydrogens (tertiary/aromatic N) is 4. The summed E-state index contributed by atoms with van der Waals surface area (Å²) < 4.78 is 2.01. The molecule has 3 aromatic rings. The molecule has 0 saturated carbocycles. The van der Waals surface area contributed by atoms with Crippen molar-refractivity contribution in [3.8, 4) is 22.6 Å². The molecule has 2 heterocycles. The Labute approximate surface area is 153 Å². The number of nitriles is 2. The highest BCUT2D eigenvalue weighted by Crippen LogP contribution is 2.31. The number of thiophene rings is 1. The topological polar surface area (TPSA) is 82.5 Å². The molecule has 0 amide bonds. The molecule has 0 radical (unpaired) electrons. The summed E-state index contributed by atoms with van der Waals surface area (Å²) in [6, 6.07) is 13.5. The van der Waals surface area contributed by atoms with E-state index in [0.717, 1.165) is 10.4 Å². The minimum absolute atomic E-state index is 0.160. The minimum Gasteiger partial charge on any atom is -0.297 e. The third-order valence-electron chi connectivity index (χ3n) is 3.84. The highest BCUT2D eigenvalue weighted by Gasteiger charge is 2.14. The molecule has 2 aromatic heterocycles. The van der Waals surface area contributed by atoms with Gasteiger partial charge in [-0.25, -0.2) is 4.98 Å². The van der Waals surface area contributed by atoms with E-state index in [0.29, 0.717) is 28.1 Å². The zero-order valence-electron chi connectivity index (χ0n) is 13.1. The van der Waals surface area contributed by atoms with Gasteiger partial charge in [0.2, 0.25) is 0 Å². The van der Waals surface area contributed by atoms with Crippen LogP contribution in [0, 0.1) is 28.6 Å². The van der Waals surface area contributed by atoms with Crippen LogP contribution >= 0.6 is 22.9 Å². The Morgan fingerprint density at radius 1 is 1.28 bits per heavy atom. The lowest BCUT2D eigenvalue weighted by Crippen LogP contribution is -2.23. The molecule has 0 bridgehead atoms. The number of aromatic nitrogens is 2. The first-order valence-electron chi connectivity index (χ1n) is 7.64. The summed E-state index contributed by atoms with van der Waals surface area (Å²) in [5.41, 5.74) is 1.46. The summed E-state index contributed by atoms with van der Waals surface area (Å²) in [6.07, 6.45) is 2.21. The molecule has 25 heavy (non-hydrogen) atoms. The first-order valence-corrected chi connectivity index (χ1v) is 8.83. The van der Waals surface area contributed by atoms with Gasteiger partial charge in [0.25, 0.3) is 5.56 Å². The fourth-order valence-corrected chi connectivity index (χ4v) is 3.70. The van der Waals surface area contributed by atoms with Crippen molar-refractivity contribution in [2.24, 2.45) is 5.92 Å². The first-order chi connectivity index (χ1) is 12.1. The maximum Gasteiger partial charge on any atom is 0.271 e. The molecule has 7 heteroatoms. The minimum atomic E-state index is -0.382. The maximum absolute atomic E-state index is 12.7. The second-order valence-corrected chi connectivity index (χ2v) is 7.05. The fraction of sp³-hybridized carbons (Fsp3) is 0.222. The van der Waals surface area contributed by atoms with E-state index >= 15 is 0 Å². The quantitative estimate of drug-likeness (QED) is 0.674. The number of benzene rings is 1. The zero-order valence-corrected chi connectivity index (χ0v) is 14.7. The third-order valence-corrected chi connectivity index (χ3v) is 5.25. The molecule has 3 rings (SSSR count). The van der Waals surface area contributed by atoms with Gasteiger partial charge in [0.1, 0.15) is 4.70 Å². The van der Waals surface area contributed by atoms with Crippen molar-refractivity contribution in [1.29, 1.82) is 10.5 Å². The van der Waals surface area contributed by atoms with Crippen LogP contribution in [0.4, 0.5) is 0 Å². The van der Waals surface area contributed by atoms with Crippen molar-refractivity contribution in [3.05, 3.63) is 52.0 Å². The lowest BCUT2D eigenvalue weighted by Gasteiger charge is -2.08. The summed E-state index contributed by atoms with van der Waals surface area (Å²) in [5.74, 6) is -0.382. The van der Waals surface area contributed by atoms with Crippen molar-refractivity contribution in [2.45, 2.75) is 19.4 Å². The monoisotopic (exact) mass is 368 g/mol. The lowest BCUT2D eigenvalue weighted by molar-refractivity contribution is 0.499. The van der Waals surface area contributed by atoms with Gasteiger partial charge in [-0.15, -0.1) is 11.3 Å². The number of rotatable bonds is 5. The van der Waals surface area contributed by atoms with Crippen LogP contribution < -0.4 is 5.56 Å².